The third-order valence-electron chi connectivity index (χ3n) is 2.42. The van der Waals surface area contributed by atoms with Gasteiger partial charge in [0, 0.05) is 5.88 Å². The van der Waals surface area contributed by atoms with E-state index in [0.29, 0.717) is 5.41 Å². The fourth-order valence-corrected chi connectivity index (χ4v) is 1.48. The lowest BCUT2D eigenvalue weighted by atomic mass is 9.92. The summed E-state index contributed by atoms with van der Waals surface area (Å²) in [5, 5.41) is 0. The van der Waals surface area contributed by atoms with E-state index < -0.39 is 0 Å². The lowest BCUT2D eigenvalue weighted by Crippen LogP contribution is -2.24. The summed E-state index contributed by atoms with van der Waals surface area (Å²) in [4.78, 5) is 2.43. The minimum Gasteiger partial charge on any atom is -0.306 e. The quantitative estimate of drug-likeness (QED) is 0.466. The average Bonchev–Trinajstić information content (AvgIpc) is 2.08. The molecule has 0 spiro atoms. The van der Waals surface area contributed by atoms with Crippen LogP contribution in [0.3, 0.4) is 0 Å². The van der Waals surface area contributed by atoms with Gasteiger partial charge in [0.1, 0.15) is 0 Å². The summed E-state index contributed by atoms with van der Waals surface area (Å²) in [6.07, 6.45) is 4.99. The molecule has 0 saturated carbocycles. The Morgan fingerprint density at radius 1 is 1.00 bits per heavy atom. The highest BCUT2D eigenvalue weighted by Gasteiger charge is 2.10. The fraction of sp³-hybridized carbons (Fsp3) is 1.00. The Bertz CT molecular complexity index is 129. The normalized spacial score (nSPS) is 12.4. The first-order chi connectivity index (χ1) is 6.45. The van der Waals surface area contributed by atoms with Crippen LogP contribution in [0, 0.1) is 5.41 Å². The molecule has 14 heavy (non-hydrogen) atoms. The van der Waals surface area contributed by atoms with Crippen molar-refractivity contribution in [2.24, 2.45) is 5.41 Å². The molecule has 0 radical (unpaired) electrons. The highest BCUT2D eigenvalue weighted by Crippen LogP contribution is 2.18. The molecule has 0 aliphatic rings. The van der Waals surface area contributed by atoms with Crippen LogP contribution in [-0.4, -0.2) is 30.9 Å². The lowest BCUT2D eigenvalue weighted by molar-refractivity contribution is 0.260. The molecule has 0 aromatic rings. The Kier molecular flexibility index (Phi) is 7.66. The molecule has 0 aliphatic heterocycles. The highest BCUT2D eigenvalue weighted by atomic mass is 35.5. The van der Waals surface area contributed by atoms with E-state index in [4.69, 9.17) is 11.6 Å². The lowest BCUT2D eigenvalue weighted by Gasteiger charge is -2.23. The zero-order chi connectivity index (χ0) is 11.0. The van der Waals surface area contributed by atoms with Gasteiger partial charge in [-0.15, -0.1) is 11.6 Å². The third-order valence-corrected chi connectivity index (χ3v) is 2.68. The zero-order valence-corrected chi connectivity index (χ0v) is 11.0. The maximum Gasteiger partial charge on any atom is 0.0223 e. The summed E-state index contributed by atoms with van der Waals surface area (Å²) in [5.74, 6) is 0.811. The molecule has 0 atom stereocenters. The molecule has 0 saturated heterocycles. The van der Waals surface area contributed by atoms with Crippen LogP contribution in [0.25, 0.3) is 0 Å². The van der Waals surface area contributed by atoms with E-state index in [0.717, 1.165) is 12.3 Å². The highest BCUT2D eigenvalue weighted by molar-refractivity contribution is 6.17. The van der Waals surface area contributed by atoms with Crippen LogP contribution >= 0.6 is 11.6 Å². The summed E-state index contributed by atoms with van der Waals surface area (Å²) in [6, 6.07) is 0. The fourth-order valence-electron chi connectivity index (χ4n) is 1.29. The Balaban J connectivity index is 3.32. The first kappa shape index (κ1) is 14.2. The van der Waals surface area contributed by atoms with Gasteiger partial charge in [0.15, 0.2) is 0 Å². The smallest absolute Gasteiger partial charge is 0.0223 e. The molecule has 0 heterocycles. The van der Waals surface area contributed by atoms with Gasteiger partial charge >= 0.3 is 0 Å². The average molecular weight is 220 g/mol. The molecule has 2 heteroatoms. The third kappa shape index (κ3) is 10.3. The number of unbranched alkanes of at least 4 members (excludes halogenated alkanes) is 2. The van der Waals surface area contributed by atoms with E-state index in [1.807, 2.05) is 0 Å². The molecular formula is C12H26ClN. The van der Waals surface area contributed by atoms with Gasteiger partial charge in [0.25, 0.3) is 0 Å². The van der Waals surface area contributed by atoms with Gasteiger partial charge in [-0.2, -0.15) is 0 Å². The molecule has 0 bridgehead atoms. The van der Waals surface area contributed by atoms with Gasteiger partial charge in [-0.3, -0.25) is 0 Å². The van der Waals surface area contributed by atoms with Crippen molar-refractivity contribution in [2.75, 3.05) is 26.0 Å². The Hall–Kier alpha value is 0.250. The maximum atomic E-state index is 5.62. The SMILES string of the molecule is CN(CCCCCCl)CCC(C)(C)C. The molecule has 0 unspecified atom stereocenters. The zero-order valence-electron chi connectivity index (χ0n) is 10.3. The molecule has 0 aliphatic carbocycles. The molecule has 1 nitrogen and oxygen atoms in total. The Labute approximate surface area is 94.8 Å². The van der Waals surface area contributed by atoms with E-state index in [1.165, 1.54) is 32.4 Å². The summed E-state index contributed by atoms with van der Waals surface area (Å²) in [6.45, 7) is 9.33. The molecule has 0 rings (SSSR count). The minimum absolute atomic E-state index is 0.463. The second-order valence-corrected chi connectivity index (χ2v) is 5.74. The van der Waals surface area contributed by atoms with Gasteiger partial charge in [-0.05, 0) is 44.8 Å². The predicted octanol–water partition coefficient (Wildman–Crippen LogP) is 3.76. The van der Waals surface area contributed by atoms with Crippen molar-refractivity contribution in [3.8, 4) is 0 Å². The van der Waals surface area contributed by atoms with E-state index in [-0.39, 0.29) is 0 Å². The molecule has 0 aromatic carbocycles. The maximum absolute atomic E-state index is 5.62. The van der Waals surface area contributed by atoms with Crippen LogP contribution in [-0.2, 0) is 0 Å². The monoisotopic (exact) mass is 219 g/mol. The van der Waals surface area contributed by atoms with Gasteiger partial charge in [-0.25, -0.2) is 0 Å². The van der Waals surface area contributed by atoms with Gasteiger partial charge in [-0.1, -0.05) is 27.2 Å². The van der Waals surface area contributed by atoms with Gasteiger partial charge < -0.3 is 4.90 Å². The predicted molar refractivity (Wildman–Crippen MR) is 66.1 cm³/mol. The first-order valence-corrected chi connectivity index (χ1v) is 6.24. The van der Waals surface area contributed by atoms with E-state index in [9.17, 15) is 0 Å². The molecular weight excluding hydrogens is 194 g/mol. The van der Waals surface area contributed by atoms with Crippen molar-refractivity contribution in [3.05, 3.63) is 0 Å². The number of halogens is 1. The van der Waals surface area contributed by atoms with Crippen molar-refractivity contribution in [3.63, 3.8) is 0 Å². The van der Waals surface area contributed by atoms with E-state index in [2.05, 4.69) is 32.7 Å². The number of hydrogen-bond acceptors (Lipinski definition) is 1. The van der Waals surface area contributed by atoms with Gasteiger partial charge in [0.05, 0.1) is 0 Å². The Morgan fingerprint density at radius 2 is 1.64 bits per heavy atom. The van der Waals surface area contributed by atoms with Crippen molar-refractivity contribution >= 4 is 11.6 Å². The number of rotatable bonds is 7. The van der Waals surface area contributed by atoms with Crippen LogP contribution in [0.5, 0.6) is 0 Å². The van der Waals surface area contributed by atoms with Crippen LogP contribution in [0.4, 0.5) is 0 Å². The summed E-state index contributed by atoms with van der Waals surface area (Å²) in [5.41, 5.74) is 0.463. The molecule has 0 fully saturated rings. The minimum atomic E-state index is 0.463. The number of nitrogens with zero attached hydrogens (tertiary/aromatic N) is 1. The molecule has 0 aromatic heterocycles. The molecule has 0 amide bonds. The largest absolute Gasteiger partial charge is 0.306 e. The van der Waals surface area contributed by atoms with Crippen molar-refractivity contribution in [2.45, 2.75) is 46.5 Å². The van der Waals surface area contributed by atoms with Crippen LogP contribution < -0.4 is 0 Å². The van der Waals surface area contributed by atoms with Crippen LogP contribution in [0.15, 0.2) is 0 Å². The van der Waals surface area contributed by atoms with Crippen LogP contribution in [0.1, 0.15) is 46.5 Å². The first-order valence-electron chi connectivity index (χ1n) is 5.70. The van der Waals surface area contributed by atoms with Crippen molar-refractivity contribution < 1.29 is 0 Å². The second-order valence-electron chi connectivity index (χ2n) is 5.36. The summed E-state index contributed by atoms with van der Waals surface area (Å²) >= 11 is 5.62. The topological polar surface area (TPSA) is 3.24 Å². The molecule has 86 valence electrons. The van der Waals surface area contributed by atoms with E-state index in [1.54, 1.807) is 0 Å². The number of alkyl halides is 1. The summed E-state index contributed by atoms with van der Waals surface area (Å²) < 4.78 is 0. The standard InChI is InChI=1S/C12H26ClN/c1-12(2,3)8-11-14(4)10-7-5-6-9-13/h5-11H2,1-4H3. The van der Waals surface area contributed by atoms with Crippen molar-refractivity contribution in [1.82, 2.24) is 4.90 Å². The van der Waals surface area contributed by atoms with Crippen molar-refractivity contribution in [1.29, 1.82) is 0 Å². The van der Waals surface area contributed by atoms with Crippen LogP contribution in [0.2, 0.25) is 0 Å². The number of hydrogen-bond donors (Lipinski definition) is 0. The van der Waals surface area contributed by atoms with Gasteiger partial charge in [0.2, 0.25) is 0 Å². The Morgan fingerprint density at radius 3 is 2.14 bits per heavy atom. The molecule has 0 N–H and O–H groups in total. The summed E-state index contributed by atoms with van der Waals surface area (Å²) in [7, 11) is 2.21. The second kappa shape index (κ2) is 7.53. The van der Waals surface area contributed by atoms with E-state index >= 15 is 0 Å².